The molecule has 1 aromatic heterocycles. The Labute approximate surface area is 113 Å². The van der Waals surface area contributed by atoms with Crippen molar-refractivity contribution in [3.8, 4) is 0 Å². The van der Waals surface area contributed by atoms with Crippen LogP contribution >= 0.6 is 11.6 Å². The van der Waals surface area contributed by atoms with Crippen LogP contribution in [0.1, 0.15) is 25.3 Å². The number of fused-ring (bicyclic) bond motifs is 1. The summed E-state index contributed by atoms with van der Waals surface area (Å²) in [5.41, 5.74) is 0.796. The standard InChI is InChI=1S/C12H12ClF2N3O/c1-7(16-10(19)6-13)11-17-8-4-2-3-5-9(8)18(11)12(14)15/h2-5,7,12H,6H2,1H3,(H,16,19). The zero-order chi connectivity index (χ0) is 14.0. The molecule has 0 aliphatic carbocycles. The van der Waals surface area contributed by atoms with E-state index in [1.807, 2.05) is 0 Å². The first-order chi connectivity index (χ1) is 9.04. The van der Waals surface area contributed by atoms with Gasteiger partial charge in [0, 0.05) is 0 Å². The van der Waals surface area contributed by atoms with Gasteiger partial charge in [-0.1, -0.05) is 12.1 Å². The molecule has 4 nitrogen and oxygen atoms in total. The number of halogens is 3. The molecule has 1 amide bonds. The third-order valence-electron chi connectivity index (χ3n) is 2.70. The first kappa shape index (κ1) is 13.7. The Morgan fingerprint density at radius 3 is 2.79 bits per heavy atom. The number of hydrogen-bond acceptors (Lipinski definition) is 2. The van der Waals surface area contributed by atoms with E-state index >= 15 is 0 Å². The van der Waals surface area contributed by atoms with Crippen molar-refractivity contribution in [1.29, 1.82) is 0 Å². The Morgan fingerprint density at radius 1 is 1.47 bits per heavy atom. The number of aromatic nitrogens is 2. The lowest BCUT2D eigenvalue weighted by Crippen LogP contribution is -2.29. The number of imidazole rings is 1. The second-order valence-corrected chi connectivity index (χ2v) is 4.30. The van der Waals surface area contributed by atoms with Crippen LogP contribution in [0, 0.1) is 0 Å². The smallest absolute Gasteiger partial charge is 0.320 e. The summed E-state index contributed by atoms with van der Waals surface area (Å²) in [7, 11) is 0. The van der Waals surface area contributed by atoms with Crippen LogP contribution in [0.3, 0.4) is 0 Å². The highest BCUT2D eigenvalue weighted by Gasteiger charge is 2.22. The summed E-state index contributed by atoms with van der Waals surface area (Å²) in [6.45, 7) is -1.14. The fourth-order valence-corrected chi connectivity index (χ4v) is 2.00. The van der Waals surface area contributed by atoms with Crippen molar-refractivity contribution in [1.82, 2.24) is 14.9 Å². The van der Waals surface area contributed by atoms with E-state index in [0.29, 0.717) is 11.0 Å². The molecule has 2 aromatic rings. The van der Waals surface area contributed by atoms with E-state index in [-0.39, 0.29) is 11.7 Å². The fraction of sp³-hybridized carbons (Fsp3) is 0.333. The van der Waals surface area contributed by atoms with E-state index in [0.717, 1.165) is 4.57 Å². The summed E-state index contributed by atoms with van der Waals surface area (Å²) in [5.74, 6) is -0.545. The number of nitrogens with one attached hydrogen (secondary N) is 1. The normalized spacial score (nSPS) is 12.9. The molecule has 7 heteroatoms. The minimum absolute atomic E-state index is 0.106. The van der Waals surface area contributed by atoms with Gasteiger partial charge in [0.25, 0.3) is 0 Å². The maximum Gasteiger partial charge on any atom is 0.320 e. The van der Waals surface area contributed by atoms with Crippen molar-refractivity contribution < 1.29 is 13.6 Å². The molecule has 1 aromatic carbocycles. The molecule has 1 unspecified atom stereocenters. The summed E-state index contributed by atoms with van der Waals surface area (Å²) in [6, 6.07) is 5.95. The van der Waals surface area contributed by atoms with Crippen LogP contribution in [0.2, 0.25) is 0 Å². The molecule has 0 saturated carbocycles. The number of hydrogen-bond donors (Lipinski definition) is 1. The molecule has 0 radical (unpaired) electrons. The largest absolute Gasteiger partial charge is 0.345 e. The van der Waals surface area contributed by atoms with E-state index in [2.05, 4.69) is 10.3 Å². The highest BCUT2D eigenvalue weighted by atomic mass is 35.5. The Hall–Kier alpha value is -1.69. The zero-order valence-electron chi connectivity index (χ0n) is 10.1. The summed E-state index contributed by atoms with van der Waals surface area (Å²) < 4.78 is 27.1. The molecule has 1 atom stereocenters. The Balaban J connectivity index is 2.47. The maximum absolute atomic E-state index is 13.2. The van der Waals surface area contributed by atoms with E-state index in [1.54, 1.807) is 31.2 Å². The van der Waals surface area contributed by atoms with Crippen LogP contribution < -0.4 is 5.32 Å². The molecular weight excluding hydrogens is 276 g/mol. The van der Waals surface area contributed by atoms with Gasteiger partial charge in [-0.25, -0.2) is 4.98 Å². The lowest BCUT2D eigenvalue weighted by Gasteiger charge is -2.15. The lowest BCUT2D eigenvalue weighted by molar-refractivity contribution is -0.119. The van der Waals surface area contributed by atoms with Gasteiger partial charge in [-0.3, -0.25) is 9.36 Å². The molecule has 0 bridgehead atoms. The van der Waals surface area contributed by atoms with Gasteiger partial charge in [-0.15, -0.1) is 11.6 Å². The van der Waals surface area contributed by atoms with E-state index < -0.39 is 18.5 Å². The quantitative estimate of drug-likeness (QED) is 0.879. The van der Waals surface area contributed by atoms with Gasteiger partial charge >= 0.3 is 6.55 Å². The Kier molecular flexibility index (Phi) is 3.99. The molecule has 2 rings (SSSR count). The van der Waals surface area contributed by atoms with Gasteiger partial charge < -0.3 is 5.32 Å². The summed E-state index contributed by atoms with van der Waals surface area (Å²) in [4.78, 5) is 15.4. The van der Waals surface area contributed by atoms with Crippen molar-refractivity contribution in [2.45, 2.75) is 19.5 Å². The average molecular weight is 288 g/mol. The van der Waals surface area contributed by atoms with Gasteiger partial charge in [0.1, 0.15) is 11.7 Å². The van der Waals surface area contributed by atoms with Gasteiger partial charge in [0.05, 0.1) is 17.1 Å². The van der Waals surface area contributed by atoms with E-state index in [1.165, 1.54) is 0 Å². The van der Waals surface area contributed by atoms with Crippen molar-refractivity contribution in [2.75, 3.05) is 5.88 Å². The molecule has 1 heterocycles. The first-order valence-electron chi connectivity index (χ1n) is 5.65. The average Bonchev–Trinajstić information content (AvgIpc) is 2.77. The van der Waals surface area contributed by atoms with E-state index in [9.17, 15) is 13.6 Å². The SMILES string of the molecule is CC(NC(=O)CCl)c1nc2ccccc2n1C(F)F. The number of benzene rings is 1. The molecule has 0 saturated heterocycles. The third-order valence-corrected chi connectivity index (χ3v) is 2.95. The van der Waals surface area contributed by atoms with Crippen LogP contribution in [0.5, 0.6) is 0 Å². The van der Waals surface area contributed by atoms with Gasteiger partial charge in [0.2, 0.25) is 5.91 Å². The van der Waals surface area contributed by atoms with Crippen molar-refractivity contribution in [3.63, 3.8) is 0 Å². The number of rotatable bonds is 4. The van der Waals surface area contributed by atoms with Crippen LogP contribution in [-0.2, 0) is 4.79 Å². The molecule has 1 N–H and O–H groups in total. The maximum atomic E-state index is 13.2. The van der Waals surface area contributed by atoms with Crippen molar-refractivity contribution >= 4 is 28.5 Å². The molecule has 0 fully saturated rings. The first-order valence-corrected chi connectivity index (χ1v) is 6.18. The number of amides is 1. The minimum Gasteiger partial charge on any atom is -0.345 e. The number of alkyl halides is 3. The predicted molar refractivity (Wildman–Crippen MR) is 68.3 cm³/mol. The monoisotopic (exact) mass is 287 g/mol. The Bertz CT molecular complexity index is 600. The predicted octanol–water partition coefficient (Wildman–Crippen LogP) is 2.85. The van der Waals surface area contributed by atoms with Crippen LogP contribution in [0.4, 0.5) is 8.78 Å². The molecule has 102 valence electrons. The summed E-state index contributed by atoms with van der Waals surface area (Å²) in [6.07, 6.45) is 0. The second kappa shape index (κ2) is 5.52. The van der Waals surface area contributed by atoms with Gasteiger partial charge in [-0.05, 0) is 19.1 Å². The summed E-state index contributed by atoms with van der Waals surface area (Å²) >= 11 is 5.38. The molecule has 0 aliphatic rings. The fourth-order valence-electron chi connectivity index (χ4n) is 1.92. The van der Waals surface area contributed by atoms with E-state index in [4.69, 9.17) is 11.6 Å². The minimum atomic E-state index is -2.72. The lowest BCUT2D eigenvalue weighted by atomic mass is 10.3. The molecule has 0 aliphatic heterocycles. The van der Waals surface area contributed by atoms with Crippen LogP contribution in [-0.4, -0.2) is 21.3 Å². The number of carbonyl (C=O) groups is 1. The molecule has 19 heavy (non-hydrogen) atoms. The molecular formula is C12H12ClF2N3O. The van der Waals surface area contributed by atoms with Crippen molar-refractivity contribution in [2.24, 2.45) is 0 Å². The van der Waals surface area contributed by atoms with Crippen molar-refractivity contribution in [3.05, 3.63) is 30.1 Å². The Morgan fingerprint density at radius 2 is 2.16 bits per heavy atom. The number of nitrogens with zero attached hydrogens (tertiary/aromatic N) is 2. The summed E-state index contributed by atoms with van der Waals surface area (Å²) in [5, 5.41) is 2.51. The number of para-hydroxylation sites is 2. The number of carbonyl (C=O) groups excluding carboxylic acids is 1. The van der Waals surface area contributed by atoms with Gasteiger partial charge in [-0.2, -0.15) is 8.78 Å². The third kappa shape index (κ3) is 2.68. The topological polar surface area (TPSA) is 46.9 Å². The zero-order valence-corrected chi connectivity index (χ0v) is 10.9. The highest BCUT2D eigenvalue weighted by Crippen LogP contribution is 2.26. The van der Waals surface area contributed by atoms with Crippen LogP contribution in [0.25, 0.3) is 11.0 Å². The second-order valence-electron chi connectivity index (χ2n) is 4.03. The highest BCUT2D eigenvalue weighted by molar-refractivity contribution is 6.27. The van der Waals surface area contributed by atoms with Crippen LogP contribution in [0.15, 0.2) is 24.3 Å². The van der Waals surface area contributed by atoms with Gasteiger partial charge in [0.15, 0.2) is 0 Å². The molecule has 0 spiro atoms.